The Balaban J connectivity index is 2.62. The van der Waals surface area contributed by atoms with Gasteiger partial charge in [-0.3, -0.25) is 4.79 Å². The van der Waals surface area contributed by atoms with Crippen LogP contribution in [0.2, 0.25) is 0 Å². The molecule has 1 aliphatic rings. The number of carboxylic acid groups (broad SMARTS) is 1. The number of amides is 1. The fraction of sp³-hybridized carbons (Fsp3) is 0.846. The Kier molecular flexibility index (Phi) is 3.93. The SMILES string of the molecule is CC(C)(C)OC(=O)N1CC[C@H](C(C)(C)C(=O)O)C1. The van der Waals surface area contributed by atoms with E-state index in [2.05, 4.69) is 0 Å². The number of hydrogen-bond donors (Lipinski definition) is 1. The second-order valence-corrected chi connectivity index (χ2v) is 6.44. The summed E-state index contributed by atoms with van der Waals surface area (Å²) in [4.78, 5) is 24.6. The van der Waals surface area contributed by atoms with Crippen molar-refractivity contribution in [1.29, 1.82) is 0 Å². The minimum Gasteiger partial charge on any atom is -0.481 e. The lowest BCUT2D eigenvalue weighted by Crippen LogP contribution is -2.38. The average Bonchev–Trinajstić information content (AvgIpc) is 2.63. The molecule has 1 atom stereocenters. The number of carboxylic acids is 1. The summed E-state index contributed by atoms with van der Waals surface area (Å²) in [5.74, 6) is -0.846. The van der Waals surface area contributed by atoms with Crippen molar-refractivity contribution in [2.75, 3.05) is 13.1 Å². The lowest BCUT2D eigenvalue weighted by molar-refractivity contribution is -0.149. The van der Waals surface area contributed by atoms with Gasteiger partial charge in [0, 0.05) is 13.1 Å². The Morgan fingerprint density at radius 2 is 1.78 bits per heavy atom. The summed E-state index contributed by atoms with van der Waals surface area (Å²) in [7, 11) is 0. The number of hydrogen-bond acceptors (Lipinski definition) is 3. The van der Waals surface area contributed by atoms with Crippen LogP contribution in [-0.4, -0.2) is 40.8 Å². The number of ether oxygens (including phenoxy) is 1. The van der Waals surface area contributed by atoms with Crippen molar-refractivity contribution in [2.45, 2.75) is 46.6 Å². The molecule has 1 fully saturated rings. The van der Waals surface area contributed by atoms with E-state index in [1.165, 1.54) is 0 Å². The largest absolute Gasteiger partial charge is 0.481 e. The molecule has 1 aliphatic heterocycles. The molecule has 1 heterocycles. The summed E-state index contributed by atoms with van der Waals surface area (Å²) in [5.41, 5.74) is -1.33. The van der Waals surface area contributed by atoms with Gasteiger partial charge in [0.05, 0.1) is 5.41 Å². The van der Waals surface area contributed by atoms with E-state index in [1.807, 2.05) is 20.8 Å². The topological polar surface area (TPSA) is 66.8 Å². The number of carbonyl (C=O) groups is 2. The van der Waals surface area contributed by atoms with Gasteiger partial charge in [-0.25, -0.2) is 4.79 Å². The van der Waals surface area contributed by atoms with Crippen LogP contribution in [0, 0.1) is 11.3 Å². The normalized spacial score (nSPS) is 20.9. The molecule has 1 rings (SSSR count). The maximum Gasteiger partial charge on any atom is 0.410 e. The minimum atomic E-state index is -0.821. The Morgan fingerprint density at radius 1 is 1.22 bits per heavy atom. The van der Waals surface area contributed by atoms with Crippen LogP contribution in [0.1, 0.15) is 41.0 Å². The third-order valence-electron chi connectivity index (χ3n) is 3.41. The monoisotopic (exact) mass is 257 g/mol. The van der Waals surface area contributed by atoms with E-state index in [4.69, 9.17) is 4.74 Å². The van der Waals surface area contributed by atoms with Crippen molar-refractivity contribution in [1.82, 2.24) is 4.90 Å². The molecule has 5 heteroatoms. The van der Waals surface area contributed by atoms with Crippen molar-refractivity contribution >= 4 is 12.1 Å². The first-order valence-electron chi connectivity index (χ1n) is 6.25. The van der Waals surface area contributed by atoms with Crippen LogP contribution in [0.4, 0.5) is 4.79 Å². The maximum atomic E-state index is 11.9. The van der Waals surface area contributed by atoms with Crippen LogP contribution in [0.25, 0.3) is 0 Å². The molecule has 0 bridgehead atoms. The van der Waals surface area contributed by atoms with Gasteiger partial charge < -0.3 is 14.7 Å². The number of carbonyl (C=O) groups excluding carboxylic acids is 1. The molecule has 1 N–H and O–H groups in total. The third kappa shape index (κ3) is 3.37. The molecule has 0 aromatic carbocycles. The van der Waals surface area contributed by atoms with Gasteiger partial charge in [-0.2, -0.15) is 0 Å². The highest BCUT2D eigenvalue weighted by Crippen LogP contribution is 2.34. The lowest BCUT2D eigenvalue weighted by Gasteiger charge is -2.28. The molecule has 0 aromatic heterocycles. The second kappa shape index (κ2) is 4.78. The highest BCUT2D eigenvalue weighted by molar-refractivity contribution is 5.74. The molecule has 0 aromatic rings. The van der Waals surface area contributed by atoms with Gasteiger partial charge in [0.25, 0.3) is 0 Å². The molecule has 0 saturated carbocycles. The molecular formula is C13H23NO4. The predicted octanol–water partition coefficient (Wildman–Crippen LogP) is 2.35. The Bertz CT molecular complexity index is 343. The van der Waals surface area contributed by atoms with Crippen LogP contribution in [-0.2, 0) is 9.53 Å². The first kappa shape index (κ1) is 14.8. The van der Waals surface area contributed by atoms with E-state index in [0.29, 0.717) is 19.5 Å². The van der Waals surface area contributed by atoms with E-state index < -0.39 is 17.0 Å². The first-order valence-corrected chi connectivity index (χ1v) is 6.25. The molecular weight excluding hydrogens is 234 g/mol. The van der Waals surface area contributed by atoms with Gasteiger partial charge in [0.15, 0.2) is 0 Å². The third-order valence-corrected chi connectivity index (χ3v) is 3.41. The van der Waals surface area contributed by atoms with Gasteiger partial charge in [-0.1, -0.05) is 0 Å². The summed E-state index contributed by atoms with van der Waals surface area (Å²) in [6.45, 7) is 9.89. The quantitative estimate of drug-likeness (QED) is 0.824. The molecule has 18 heavy (non-hydrogen) atoms. The molecule has 5 nitrogen and oxygen atoms in total. The average molecular weight is 257 g/mol. The van der Waals surface area contributed by atoms with Crippen LogP contribution < -0.4 is 0 Å². The number of nitrogens with zero attached hydrogens (tertiary/aromatic N) is 1. The molecule has 0 unspecified atom stereocenters. The van der Waals surface area contributed by atoms with E-state index in [0.717, 1.165) is 0 Å². The summed E-state index contributed by atoms with van der Waals surface area (Å²) in [6, 6.07) is 0. The molecule has 1 saturated heterocycles. The van der Waals surface area contributed by atoms with E-state index in [1.54, 1.807) is 18.7 Å². The van der Waals surface area contributed by atoms with E-state index in [9.17, 15) is 14.7 Å². The van der Waals surface area contributed by atoms with Crippen LogP contribution in [0.5, 0.6) is 0 Å². The van der Waals surface area contributed by atoms with Gasteiger partial charge >= 0.3 is 12.1 Å². The van der Waals surface area contributed by atoms with Gasteiger partial charge in [-0.05, 0) is 47.0 Å². The fourth-order valence-corrected chi connectivity index (χ4v) is 2.02. The van der Waals surface area contributed by atoms with Crippen molar-refractivity contribution in [3.63, 3.8) is 0 Å². The molecule has 104 valence electrons. The van der Waals surface area contributed by atoms with Gasteiger partial charge in [-0.15, -0.1) is 0 Å². The first-order chi connectivity index (χ1) is 8.04. The summed E-state index contributed by atoms with van der Waals surface area (Å²) < 4.78 is 5.28. The number of likely N-dealkylation sites (tertiary alicyclic amines) is 1. The minimum absolute atomic E-state index is 0.0254. The van der Waals surface area contributed by atoms with Crippen LogP contribution >= 0.6 is 0 Å². The van der Waals surface area contributed by atoms with E-state index in [-0.39, 0.29) is 12.0 Å². The lowest BCUT2D eigenvalue weighted by atomic mass is 9.78. The molecule has 0 radical (unpaired) electrons. The number of aliphatic carboxylic acids is 1. The molecule has 0 spiro atoms. The van der Waals surface area contributed by atoms with Crippen LogP contribution in [0.15, 0.2) is 0 Å². The zero-order valence-corrected chi connectivity index (χ0v) is 11.8. The van der Waals surface area contributed by atoms with Crippen molar-refractivity contribution in [3.05, 3.63) is 0 Å². The van der Waals surface area contributed by atoms with Gasteiger partial charge in [0.1, 0.15) is 5.60 Å². The summed E-state index contributed by atoms with van der Waals surface area (Å²) >= 11 is 0. The summed E-state index contributed by atoms with van der Waals surface area (Å²) in [6.07, 6.45) is 0.352. The zero-order chi connectivity index (χ0) is 14.1. The van der Waals surface area contributed by atoms with Crippen molar-refractivity contribution in [2.24, 2.45) is 11.3 Å². The Morgan fingerprint density at radius 3 is 2.22 bits per heavy atom. The zero-order valence-electron chi connectivity index (χ0n) is 11.8. The van der Waals surface area contributed by atoms with Gasteiger partial charge in [0.2, 0.25) is 0 Å². The predicted molar refractivity (Wildman–Crippen MR) is 67.3 cm³/mol. The second-order valence-electron chi connectivity index (χ2n) is 6.44. The highest BCUT2D eigenvalue weighted by Gasteiger charge is 2.42. The summed E-state index contributed by atoms with van der Waals surface area (Å²) in [5, 5.41) is 9.18. The smallest absolute Gasteiger partial charge is 0.410 e. The highest BCUT2D eigenvalue weighted by atomic mass is 16.6. The Labute approximate surface area is 108 Å². The standard InChI is InChI=1S/C13H23NO4/c1-12(2,3)18-11(17)14-7-6-9(8-14)13(4,5)10(15)16/h9H,6-8H2,1-5H3,(H,15,16)/t9-/m0/s1. The van der Waals surface area contributed by atoms with E-state index >= 15 is 0 Å². The maximum absolute atomic E-state index is 11.9. The molecule has 0 aliphatic carbocycles. The fourth-order valence-electron chi connectivity index (χ4n) is 2.02. The van der Waals surface area contributed by atoms with Crippen molar-refractivity contribution in [3.8, 4) is 0 Å². The number of rotatable bonds is 2. The Hall–Kier alpha value is -1.26. The van der Waals surface area contributed by atoms with Crippen LogP contribution in [0.3, 0.4) is 0 Å². The van der Waals surface area contributed by atoms with Crippen molar-refractivity contribution < 1.29 is 19.4 Å². The molecule has 1 amide bonds.